The van der Waals surface area contributed by atoms with Gasteiger partial charge in [-0.1, -0.05) is 166 Å². The molecule has 12 aromatic rings. The molecule has 0 atom stereocenters. The summed E-state index contributed by atoms with van der Waals surface area (Å²) in [5.41, 5.74) is 18.0. The zero-order valence-corrected chi connectivity index (χ0v) is 35.6. The largest absolute Gasteiger partial charge is 0.455 e. The van der Waals surface area contributed by atoms with Gasteiger partial charge in [-0.25, -0.2) is 0 Å². The molecule has 0 bridgehead atoms. The number of benzene rings is 10. The maximum Gasteiger partial charge on any atom is 0.145 e. The number of para-hydroxylation sites is 4. The second kappa shape index (κ2) is 13.9. The van der Waals surface area contributed by atoms with E-state index in [0.717, 1.165) is 61.4 Å². The van der Waals surface area contributed by atoms with Gasteiger partial charge in [0.05, 0.1) is 22.4 Å². The fourth-order valence-electron chi connectivity index (χ4n) is 10.8. The number of furan rings is 1. The summed E-state index contributed by atoms with van der Waals surface area (Å²) in [6.07, 6.45) is 0. The van der Waals surface area contributed by atoms with Crippen LogP contribution in [-0.2, 0) is 5.41 Å². The van der Waals surface area contributed by atoms with Crippen LogP contribution in [0.2, 0.25) is 0 Å². The maximum atomic E-state index is 7.03. The van der Waals surface area contributed by atoms with Crippen LogP contribution in [0.25, 0.3) is 93.6 Å². The zero-order chi connectivity index (χ0) is 42.5. The van der Waals surface area contributed by atoms with Crippen LogP contribution < -0.4 is 4.90 Å². The van der Waals surface area contributed by atoms with Gasteiger partial charge in [0.2, 0.25) is 0 Å². The Morgan fingerprint density at radius 3 is 1.92 bits per heavy atom. The Kier molecular flexibility index (Phi) is 7.95. The van der Waals surface area contributed by atoms with Crippen molar-refractivity contribution in [2.24, 2.45) is 0 Å². The van der Waals surface area contributed by atoms with Crippen LogP contribution in [0.3, 0.4) is 0 Å². The van der Waals surface area contributed by atoms with Gasteiger partial charge in [-0.3, -0.25) is 0 Å². The van der Waals surface area contributed by atoms with Crippen molar-refractivity contribution in [3.63, 3.8) is 0 Å². The molecule has 1 aliphatic carbocycles. The number of rotatable bonds is 6. The first-order valence-corrected chi connectivity index (χ1v) is 22.2. The molecule has 0 fully saturated rings. The fourth-order valence-corrected chi connectivity index (χ4v) is 10.8. The number of hydrogen-bond acceptors (Lipinski definition) is 2. The second-order valence-electron chi connectivity index (χ2n) is 17.7. The molecule has 0 amide bonds. The van der Waals surface area contributed by atoms with E-state index >= 15 is 0 Å². The van der Waals surface area contributed by atoms with Crippen molar-refractivity contribution in [1.82, 2.24) is 4.57 Å². The molecule has 0 unspecified atom stereocenters. The molecule has 3 heteroatoms. The molecule has 0 spiro atoms. The normalized spacial score (nSPS) is 13.0. The number of fused-ring (bicyclic) bond motifs is 10. The molecule has 13 rings (SSSR count). The summed E-state index contributed by atoms with van der Waals surface area (Å²) in [5.74, 6) is 0. The summed E-state index contributed by atoms with van der Waals surface area (Å²) in [5, 5.41) is 7.04. The van der Waals surface area contributed by atoms with Crippen molar-refractivity contribution in [1.29, 1.82) is 0 Å². The minimum Gasteiger partial charge on any atom is -0.455 e. The third-order valence-corrected chi connectivity index (χ3v) is 13.8. The second-order valence-corrected chi connectivity index (χ2v) is 17.7. The molecule has 0 N–H and O–H groups in total. The molecule has 3 nitrogen and oxygen atoms in total. The highest BCUT2D eigenvalue weighted by atomic mass is 16.3. The van der Waals surface area contributed by atoms with Gasteiger partial charge in [0.25, 0.3) is 0 Å². The summed E-state index contributed by atoms with van der Waals surface area (Å²) in [7, 11) is 0. The minimum absolute atomic E-state index is 0.129. The average Bonchev–Trinajstić information content (AvgIpc) is 3.97. The van der Waals surface area contributed by atoms with Gasteiger partial charge in [0, 0.05) is 49.5 Å². The van der Waals surface area contributed by atoms with E-state index in [2.05, 4.69) is 242 Å². The molecule has 2 aromatic heterocycles. The van der Waals surface area contributed by atoms with Gasteiger partial charge in [-0.05, 0) is 111 Å². The molecule has 64 heavy (non-hydrogen) atoms. The molecule has 0 aliphatic heterocycles. The molecule has 1 aliphatic rings. The Morgan fingerprint density at radius 2 is 1.09 bits per heavy atom. The van der Waals surface area contributed by atoms with Gasteiger partial charge in [0.15, 0.2) is 0 Å². The monoisotopic (exact) mass is 818 g/mol. The zero-order valence-electron chi connectivity index (χ0n) is 35.6. The highest BCUT2D eigenvalue weighted by Gasteiger charge is 2.35. The van der Waals surface area contributed by atoms with Crippen LogP contribution in [0.4, 0.5) is 17.1 Å². The van der Waals surface area contributed by atoms with Crippen molar-refractivity contribution < 1.29 is 4.42 Å². The Labute approximate surface area is 371 Å². The lowest BCUT2D eigenvalue weighted by atomic mass is 9.81. The van der Waals surface area contributed by atoms with Crippen LogP contribution >= 0.6 is 0 Å². The summed E-state index contributed by atoms with van der Waals surface area (Å²) in [6.45, 7) is 4.72. The third kappa shape index (κ3) is 5.41. The quantitative estimate of drug-likeness (QED) is 0.167. The van der Waals surface area contributed by atoms with Gasteiger partial charge in [-0.15, -0.1) is 0 Å². The summed E-state index contributed by atoms with van der Waals surface area (Å²) < 4.78 is 9.43. The van der Waals surface area contributed by atoms with E-state index < -0.39 is 0 Å². The highest BCUT2D eigenvalue weighted by molar-refractivity contribution is 6.14. The number of anilines is 3. The number of hydrogen-bond donors (Lipinski definition) is 0. The molecule has 0 saturated carbocycles. The SMILES string of the molecule is CC1(C)c2ccccc2-c2ccc(-c3ccccc3N(c3ccc4ccccc4c3)c3ccc4c(oc5ccccc54)c3-c3cccc(-n4c5ccccc5c5ccccc54)c3)cc21. The van der Waals surface area contributed by atoms with Crippen LogP contribution in [0.1, 0.15) is 25.0 Å². The summed E-state index contributed by atoms with van der Waals surface area (Å²) >= 11 is 0. The van der Waals surface area contributed by atoms with Gasteiger partial charge < -0.3 is 13.9 Å². The topological polar surface area (TPSA) is 21.3 Å². The van der Waals surface area contributed by atoms with Crippen LogP contribution in [-0.4, -0.2) is 4.57 Å². The van der Waals surface area contributed by atoms with E-state index in [4.69, 9.17) is 4.42 Å². The molecule has 10 aromatic carbocycles. The first-order chi connectivity index (χ1) is 31.5. The summed E-state index contributed by atoms with van der Waals surface area (Å²) in [6, 6.07) is 79.7. The number of aromatic nitrogens is 1. The van der Waals surface area contributed by atoms with Crippen molar-refractivity contribution in [3.05, 3.63) is 230 Å². The Balaban J connectivity index is 1.09. The van der Waals surface area contributed by atoms with Crippen LogP contribution in [0.5, 0.6) is 0 Å². The summed E-state index contributed by atoms with van der Waals surface area (Å²) in [4.78, 5) is 2.46. The Hall–Kier alpha value is -8.14. The van der Waals surface area contributed by atoms with Gasteiger partial charge >= 0.3 is 0 Å². The van der Waals surface area contributed by atoms with Gasteiger partial charge in [-0.2, -0.15) is 0 Å². The fraction of sp³-hybridized carbons (Fsp3) is 0.0492. The van der Waals surface area contributed by atoms with E-state index in [1.165, 1.54) is 60.4 Å². The Morgan fingerprint density at radius 1 is 0.422 bits per heavy atom. The lowest BCUT2D eigenvalue weighted by Gasteiger charge is -2.30. The first-order valence-electron chi connectivity index (χ1n) is 22.2. The first kappa shape index (κ1) is 36.5. The van der Waals surface area contributed by atoms with Crippen molar-refractivity contribution >= 4 is 71.6 Å². The molecule has 0 radical (unpaired) electrons. The van der Waals surface area contributed by atoms with Gasteiger partial charge in [0.1, 0.15) is 11.2 Å². The lowest BCUT2D eigenvalue weighted by molar-refractivity contribution is 0.660. The lowest BCUT2D eigenvalue weighted by Crippen LogP contribution is -2.15. The third-order valence-electron chi connectivity index (χ3n) is 13.8. The molecular formula is C61H42N2O. The van der Waals surface area contributed by atoms with E-state index in [1.807, 2.05) is 0 Å². The number of nitrogens with zero attached hydrogens (tertiary/aromatic N) is 2. The standard InChI is InChI=1S/C61H42N2O/c1-61(2)52-25-10-5-21-46(52)47-33-31-41(38-53(47)61)45-20-6-11-26-54(45)63(44-32-30-39-16-3-4-17-40(39)36-44)57-35-34-51-50-24-9-14-29-58(50)64-60(51)59(57)42-18-15-19-43(37-42)62-55-27-12-7-22-48(55)49-23-8-13-28-56(49)62/h3-38H,1-2H3. The predicted molar refractivity (Wildman–Crippen MR) is 269 cm³/mol. The van der Waals surface area contributed by atoms with E-state index in [-0.39, 0.29) is 5.41 Å². The Bertz CT molecular complexity index is 3790. The smallest absolute Gasteiger partial charge is 0.145 e. The maximum absolute atomic E-state index is 7.03. The van der Waals surface area contributed by atoms with Crippen molar-refractivity contribution in [2.45, 2.75) is 19.3 Å². The predicted octanol–water partition coefficient (Wildman–Crippen LogP) is 16.9. The van der Waals surface area contributed by atoms with E-state index in [0.29, 0.717) is 0 Å². The molecule has 2 heterocycles. The molecule has 302 valence electrons. The highest BCUT2D eigenvalue weighted by Crippen LogP contribution is 2.52. The van der Waals surface area contributed by atoms with E-state index in [9.17, 15) is 0 Å². The minimum atomic E-state index is -0.129. The molecular weight excluding hydrogens is 777 g/mol. The van der Waals surface area contributed by atoms with Crippen LogP contribution in [0, 0.1) is 0 Å². The van der Waals surface area contributed by atoms with Crippen molar-refractivity contribution in [2.75, 3.05) is 4.90 Å². The van der Waals surface area contributed by atoms with Crippen molar-refractivity contribution in [3.8, 4) is 39.1 Å². The average molecular weight is 819 g/mol. The molecule has 0 saturated heterocycles. The van der Waals surface area contributed by atoms with Crippen LogP contribution in [0.15, 0.2) is 223 Å². The van der Waals surface area contributed by atoms with E-state index in [1.54, 1.807) is 0 Å².